The van der Waals surface area contributed by atoms with Crippen molar-refractivity contribution >= 4 is 66.4 Å². The summed E-state index contributed by atoms with van der Waals surface area (Å²) in [5.41, 5.74) is 16.8. The molecule has 0 saturated heterocycles. The molecule has 0 aromatic heterocycles. The maximum Gasteiger partial charge on any atom is 0.0540 e. The predicted molar refractivity (Wildman–Crippen MR) is 277 cm³/mol. The molecule has 0 aliphatic heterocycles. The Kier molecular flexibility index (Phi) is 9.21. The van der Waals surface area contributed by atoms with E-state index in [0.717, 1.165) is 34.1 Å². The van der Waals surface area contributed by atoms with Gasteiger partial charge >= 0.3 is 0 Å². The second-order valence-electron chi connectivity index (χ2n) is 17.7. The third kappa shape index (κ3) is 6.49. The van der Waals surface area contributed by atoms with E-state index in [4.69, 9.17) is 0 Å². The molecule has 11 aromatic carbocycles. The van der Waals surface area contributed by atoms with Crippen molar-refractivity contribution in [3.8, 4) is 33.4 Å². The van der Waals surface area contributed by atoms with Crippen molar-refractivity contribution in [2.45, 2.75) is 19.3 Å². The molecule has 11 aromatic rings. The van der Waals surface area contributed by atoms with Crippen molar-refractivity contribution in [3.05, 3.63) is 254 Å². The summed E-state index contributed by atoms with van der Waals surface area (Å²) in [6.45, 7) is 4.72. The van der Waals surface area contributed by atoms with Gasteiger partial charge in [0.15, 0.2) is 0 Å². The summed E-state index contributed by atoms with van der Waals surface area (Å²) < 4.78 is 0. The lowest BCUT2D eigenvalue weighted by molar-refractivity contribution is 0.660. The minimum Gasteiger partial charge on any atom is -0.310 e. The smallest absolute Gasteiger partial charge is 0.0540 e. The number of hydrogen-bond donors (Lipinski definition) is 0. The van der Waals surface area contributed by atoms with Crippen molar-refractivity contribution in [2.75, 3.05) is 9.80 Å². The van der Waals surface area contributed by atoms with Crippen LogP contribution < -0.4 is 9.80 Å². The molecule has 0 saturated carbocycles. The van der Waals surface area contributed by atoms with Gasteiger partial charge in [-0.2, -0.15) is 0 Å². The molecule has 0 heterocycles. The van der Waals surface area contributed by atoms with E-state index < -0.39 is 0 Å². The number of anilines is 6. The summed E-state index contributed by atoms with van der Waals surface area (Å²) in [4.78, 5) is 4.88. The summed E-state index contributed by atoms with van der Waals surface area (Å²) in [6, 6.07) is 88.9. The van der Waals surface area contributed by atoms with E-state index in [0.29, 0.717) is 0 Å². The molecule has 1 aliphatic carbocycles. The Morgan fingerprint density at radius 2 is 0.723 bits per heavy atom. The maximum atomic E-state index is 2.44. The summed E-state index contributed by atoms with van der Waals surface area (Å²) in [5, 5.41) is 7.25. The van der Waals surface area contributed by atoms with Crippen molar-refractivity contribution < 1.29 is 0 Å². The third-order valence-corrected chi connectivity index (χ3v) is 13.6. The molecule has 2 heteroatoms. The first kappa shape index (κ1) is 38.5. The Bertz CT molecular complexity index is 3560. The molecule has 0 unspecified atom stereocenters. The summed E-state index contributed by atoms with van der Waals surface area (Å²) in [6.07, 6.45) is 0. The van der Waals surface area contributed by atoms with Crippen molar-refractivity contribution in [3.63, 3.8) is 0 Å². The van der Waals surface area contributed by atoms with E-state index in [1.807, 2.05) is 0 Å². The molecule has 0 radical (unpaired) electrons. The van der Waals surface area contributed by atoms with Crippen LogP contribution in [0, 0.1) is 0 Å². The van der Waals surface area contributed by atoms with Gasteiger partial charge in [-0.15, -0.1) is 0 Å². The number of rotatable bonds is 8. The fraction of sp³-hybridized carbons (Fsp3) is 0.0476. The third-order valence-electron chi connectivity index (χ3n) is 13.6. The molecular formula is C63H46N2. The van der Waals surface area contributed by atoms with Gasteiger partial charge in [-0.25, -0.2) is 0 Å². The number of nitrogens with zero attached hydrogens (tertiary/aromatic N) is 2. The van der Waals surface area contributed by atoms with Gasteiger partial charge in [0.25, 0.3) is 0 Å². The molecule has 0 N–H and O–H groups in total. The number of fused-ring (bicyclic) bond motifs is 6. The topological polar surface area (TPSA) is 6.48 Å². The molecule has 65 heavy (non-hydrogen) atoms. The second kappa shape index (κ2) is 15.6. The zero-order chi connectivity index (χ0) is 43.5. The van der Waals surface area contributed by atoms with Crippen LogP contribution in [0.5, 0.6) is 0 Å². The fourth-order valence-corrected chi connectivity index (χ4v) is 10.4. The van der Waals surface area contributed by atoms with E-state index in [1.54, 1.807) is 0 Å². The van der Waals surface area contributed by atoms with Crippen molar-refractivity contribution in [1.29, 1.82) is 0 Å². The average molecular weight is 831 g/mol. The minimum absolute atomic E-state index is 0.113. The van der Waals surface area contributed by atoms with Crippen molar-refractivity contribution in [2.24, 2.45) is 0 Å². The van der Waals surface area contributed by atoms with Gasteiger partial charge in [0.2, 0.25) is 0 Å². The van der Waals surface area contributed by atoms with E-state index >= 15 is 0 Å². The van der Waals surface area contributed by atoms with Crippen molar-refractivity contribution in [1.82, 2.24) is 0 Å². The molecule has 308 valence electrons. The van der Waals surface area contributed by atoms with Gasteiger partial charge in [0, 0.05) is 38.6 Å². The van der Waals surface area contributed by atoms with Crippen LogP contribution in [0.15, 0.2) is 243 Å². The van der Waals surface area contributed by atoms with Crippen LogP contribution >= 0.6 is 0 Å². The standard InChI is InChI=1S/C63H46N2/c1-63(2)58-28-11-10-24-55(58)56-41-40-50(42-59(56)63)64(60-29-12-20-45-18-6-8-22-52(45)60)48-38-34-47(35-39-48)51-25-14-27-57-54(51)26-15-31-62(57)65(61-30-13-21-46-19-7-9-23-53(46)61)49-36-32-44(33-37-49)43-16-4-3-5-17-43/h3-42H,1-2H3. The maximum absolute atomic E-state index is 2.44. The minimum atomic E-state index is -0.113. The molecule has 0 fully saturated rings. The predicted octanol–water partition coefficient (Wildman–Crippen LogP) is 17.7. The Morgan fingerprint density at radius 3 is 1.43 bits per heavy atom. The Balaban J connectivity index is 0.980. The first-order chi connectivity index (χ1) is 32.0. The summed E-state index contributed by atoms with van der Waals surface area (Å²) in [7, 11) is 0. The molecule has 2 nitrogen and oxygen atoms in total. The zero-order valence-electron chi connectivity index (χ0n) is 36.5. The van der Waals surface area contributed by atoms with Gasteiger partial charge in [-0.1, -0.05) is 202 Å². The SMILES string of the molecule is CC1(C)c2ccccc2-c2ccc(N(c3ccc(-c4cccc5c(N(c6ccc(-c7ccccc7)cc6)c6cccc7ccccc67)cccc45)cc3)c3cccc4ccccc34)cc21. The van der Waals surface area contributed by atoms with Gasteiger partial charge in [0.05, 0.1) is 17.1 Å². The normalized spacial score (nSPS) is 12.6. The second-order valence-corrected chi connectivity index (χ2v) is 17.7. The average Bonchev–Trinajstić information content (AvgIpc) is 3.60. The van der Waals surface area contributed by atoms with Crippen LogP contribution in [0.3, 0.4) is 0 Å². The Hall–Kier alpha value is -8.20. The first-order valence-corrected chi connectivity index (χ1v) is 22.6. The molecule has 0 bridgehead atoms. The van der Waals surface area contributed by atoms with Crippen LogP contribution in [0.1, 0.15) is 25.0 Å². The van der Waals surface area contributed by atoms with Crippen LogP contribution in [0.2, 0.25) is 0 Å². The highest BCUT2D eigenvalue weighted by Gasteiger charge is 2.36. The van der Waals surface area contributed by atoms with Gasteiger partial charge in [-0.05, 0) is 115 Å². The van der Waals surface area contributed by atoms with Gasteiger partial charge in [-0.3, -0.25) is 0 Å². The van der Waals surface area contributed by atoms with Gasteiger partial charge in [0.1, 0.15) is 0 Å². The lowest BCUT2D eigenvalue weighted by Gasteiger charge is -2.29. The highest BCUT2D eigenvalue weighted by Crippen LogP contribution is 2.51. The van der Waals surface area contributed by atoms with E-state index in [9.17, 15) is 0 Å². The number of hydrogen-bond acceptors (Lipinski definition) is 2. The molecule has 12 rings (SSSR count). The van der Waals surface area contributed by atoms with E-state index in [-0.39, 0.29) is 5.41 Å². The Morgan fingerprint density at radius 1 is 0.277 bits per heavy atom. The quantitative estimate of drug-likeness (QED) is 0.151. The van der Waals surface area contributed by atoms with E-state index in [2.05, 4.69) is 266 Å². The zero-order valence-corrected chi connectivity index (χ0v) is 36.5. The van der Waals surface area contributed by atoms with Crippen LogP contribution in [0.4, 0.5) is 34.1 Å². The monoisotopic (exact) mass is 830 g/mol. The summed E-state index contributed by atoms with van der Waals surface area (Å²) >= 11 is 0. The largest absolute Gasteiger partial charge is 0.310 e. The lowest BCUT2D eigenvalue weighted by Crippen LogP contribution is -2.16. The molecular weight excluding hydrogens is 785 g/mol. The molecule has 1 aliphatic rings. The van der Waals surface area contributed by atoms with Crippen LogP contribution in [0.25, 0.3) is 65.7 Å². The highest BCUT2D eigenvalue weighted by molar-refractivity contribution is 6.09. The van der Waals surface area contributed by atoms with Crippen LogP contribution in [-0.4, -0.2) is 0 Å². The van der Waals surface area contributed by atoms with Gasteiger partial charge < -0.3 is 9.80 Å². The molecule has 0 atom stereocenters. The molecule has 0 spiro atoms. The Labute approximate surface area is 380 Å². The number of benzene rings is 11. The fourth-order valence-electron chi connectivity index (χ4n) is 10.4. The lowest BCUT2D eigenvalue weighted by atomic mass is 9.82. The van der Waals surface area contributed by atoms with E-state index in [1.165, 1.54) is 76.8 Å². The first-order valence-electron chi connectivity index (χ1n) is 22.6. The summed E-state index contributed by atoms with van der Waals surface area (Å²) in [5.74, 6) is 0. The van der Waals surface area contributed by atoms with Crippen LogP contribution in [-0.2, 0) is 5.41 Å². The highest BCUT2D eigenvalue weighted by atomic mass is 15.1. The molecule has 0 amide bonds.